The van der Waals surface area contributed by atoms with Gasteiger partial charge in [0.05, 0.1) is 6.54 Å². The van der Waals surface area contributed by atoms with E-state index in [-0.39, 0.29) is 25.3 Å². The number of imidazole rings is 1. The van der Waals surface area contributed by atoms with Crippen LogP contribution in [0.1, 0.15) is 78.1 Å². The fourth-order valence-corrected chi connectivity index (χ4v) is 5.50. The fraction of sp³-hybridized carbons (Fsp3) is 0.533. The molecule has 9 nitrogen and oxygen atoms in total. The predicted molar refractivity (Wildman–Crippen MR) is 152 cm³/mol. The summed E-state index contributed by atoms with van der Waals surface area (Å²) in [6.07, 6.45) is 10.3. The zero-order valence-corrected chi connectivity index (χ0v) is 23.2. The van der Waals surface area contributed by atoms with Crippen molar-refractivity contribution in [1.29, 1.82) is 0 Å². The Morgan fingerprint density at radius 2 is 2.03 bits per heavy atom. The van der Waals surface area contributed by atoms with E-state index in [9.17, 15) is 14.7 Å². The molecule has 0 amide bonds. The largest absolute Gasteiger partial charge is 0.477 e. The smallest absolute Gasteiger partial charge is 0.332 e. The van der Waals surface area contributed by atoms with Crippen LogP contribution in [-0.4, -0.2) is 42.4 Å². The van der Waals surface area contributed by atoms with Crippen LogP contribution in [0.4, 0.5) is 0 Å². The molecule has 1 aliphatic heterocycles. The highest BCUT2D eigenvalue weighted by atomic mass is 16.5. The number of rotatable bonds is 9. The first kappa shape index (κ1) is 26.9. The molecular formula is C30H37N5O4. The maximum Gasteiger partial charge on any atom is 0.332 e. The Balaban J connectivity index is 1.72. The molecule has 0 bridgehead atoms. The van der Waals surface area contributed by atoms with E-state index in [1.54, 1.807) is 10.6 Å². The zero-order valence-electron chi connectivity index (χ0n) is 23.2. The third-order valence-corrected chi connectivity index (χ3v) is 7.89. The molecule has 1 unspecified atom stereocenters. The quantitative estimate of drug-likeness (QED) is 0.487. The lowest BCUT2D eigenvalue weighted by Crippen LogP contribution is -2.41. The van der Waals surface area contributed by atoms with Gasteiger partial charge < -0.3 is 14.4 Å². The lowest BCUT2D eigenvalue weighted by Gasteiger charge is -2.33. The van der Waals surface area contributed by atoms with Gasteiger partial charge in [0, 0.05) is 42.5 Å². The molecule has 206 valence electrons. The van der Waals surface area contributed by atoms with Gasteiger partial charge in [-0.2, -0.15) is 0 Å². The average molecular weight is 532 g/mol. The Bertz CT molecular complexity index is 1600. The second kappa shape index (κ2) is 11.2. The molecule has 1 fully saturated rings. The normalized spacial score (nSPS) is 21.3. The lowest BCUT2D eigenvalue weighted by molar-refractivity contribution is 0.0601. The maximum absolute atomic E-state index is 13.9. The van der Waals surface area contributed by atoms with Crippen LogP contribution in [0.15, 0.2) is 55.5 Å². The summed E-state index contributed by atoms with van der Waals surface area (Å²) in [5.41, 5.74) is 8.67. The van der Waals surface area contributed by atoms with E-state index in [1.807, 2.05) is 37.5 Å². The van der Waals surface area contributed by atoms with Gasteiger partial charge in [0.1, 0.15) is 11.9 Å². The van der Waals surface area contributed by atoms with E-state index in [0.29, 0.717) is 55.1 Å². The zero-order chi connectivity index (χ0) is 27.7. The standard InChI is InChI=1S/C30H37N5O4/c1-5-20(3)35-28-26(29(37)33(30(35)38)14-9-15-36)34(18-22-10-7-6-8-11-22)27(32-28)24-12-13-25(31-21(24)4)39-23-16-19(2)17-23/h6-7,10,19-20,23,36H,5,9,12-18H2,1-4H3. The summed E-state index contributed by atoms with van der Waals surface area (Å²) in [5.74, 6) is 2.08. The van der Waals surface area contributed by atoms with Gasteiger partial charge in [0.15, 0.2) is 17.1 Å². The van der Waals surface area contributed by atoms with Crippen LogP contribution in [0.5, 0.6) is 0 Å². The van der Waals surface area contributed by atoms with Crippen LogP contribution < -0.4 is 11.2 Å². The molecule has 5 rings (SSSR count). The SMILES string of the molecule is CCC(C)n1c(=O)n(CCCO)c(=O)c2c1nc(C1=C(C)N=C(OC3CC(C)C3)CC1)n2CC1=C=C=CC=C1. The summed E-state index contributed by atoms with van der Waals surface area (Å²) in [4.78, 5) is 37.2. The van der Waals surface area contributed by atoms with Gasteiger partial charge in [-0.1, -0.05) is 31.4 Å². The monoisotopic (exact) mass is 531 g/mol. The van der Waals surface area contributed by atoms with Crippen molar-refractivity contribution in [2.75, 3.05) is 6.61 Å². The summed E-state index contributed by atoms with van der Waals surface area (Å²) in [6.45, 7) is 8.52. The highest BCUT2D eigenvalue weighted by Crippen LogP contribution is 2.34. The van der Waals surface area contributed by atoms with Crippen LogP contribution in [-0.2, 0) is 17.8 Å². The van der Waals surface area contributed by atoms with Crippen molar-refractivity contribution in [2.45, 2.75) is 91.5 Å². The van der Waals surface area contributed by atoms with Gasteiger partial charge in [-0.15, -0.1) is 0 Å². The Morgan fingerprint density at radius 3 is 2.67 bits per heavy atom. The number of nitrogens with zero attached hydrogens (tertiary/aromatic N) is 5. The fourth-order valence-electron chi connectivity index (χ4n) is 5.50. The molecule has 3 heterocycles. The minimum Gasteiger partial charge on any atom is -0.477 e. The summed E-state index contributed by atoms with van der Waals surface area (Å²) in [6, 6.07) is -0.168. The minimum atomic E-state index is -0.401. The number of aromatic nitrogens is 4. The molecular weight excluding hydrogens is 494 g/mol. The summed E-state index contributed by atoms with van der Waals surface area (Å²) < 4.78 is 10.9. The summed E-state index contributed by atoms with van der Waals surface area (Å²) >= 11 is 0. The van der Waals surface area contributed by atoms with E-state index >= 15 is 0 Å². The number of hydrogen-bond donors (Lipinski definition) is 1. The molecule has 2 aromatic rings. The van der Waals surface area contributed by atoms with E-state index < -0.39 is 11.2 Å². The summed E-state index contributed by atoms with van der Waals surface area (Å²) in [5, 5.41) is 9.43. The first-order valence-electron chi connectivity index (χ1n) is 14.0. The van der Waals surface area contributed by atoms with Crippen molar-refractivity contribution < 1.29 is 9.84 Å². The number of ether oxygens (including phenoxy) is 1. The predicted octanol–water partition coefficient (Wildman–Crippen LogP) is 4.26. The topological polar surface area (TPSA) is 104 Å². The first-order valence-corrected chi connectivity index (χ1v) is 14.0. The molecule has 0 aromatic carbocycles. The highest BCUT2D eigenvalue weighted by Gasteiger charge is 2.30. The van der Waals surface area contributed by atoms with E-state index in [0.717, 1.165) is 35.6 Å². The van der Waals surface area contributed by atoms with Crippen LogP contribution >= 0.6 is 0 Å². The Labute approximate surface area is 227 Å². The van der Waals surface area contributed by atoms with E-state index in [1.165, 1.54) is 4.57 Å². The van der Waals surface area contributed by atoms with Crippen LogP contribution in [0.25, 0.3) is 16.7 Å². The maximum atomic E-state index is 13.9. The number of aliphatic hydroxyl groups excluding tert-OH is 1. The van der Waals surface area contributed by atoms with Crippen molar-refractivity contribution in [3.8, 4) is 0 Å². The lowest BCUT2D eigenvalue weighted by atomic mass is 9.84. The van der Waals surface area contributed by atoms with Crippen LogP contribution in [0.2, 0.25) is 0 Å². The molecule has 9 heteroatoms. The molecule has 0 saturated heterocycles. The number of aliphatic hydroxyl groups is 1. The first-order chi connectivity index (χ1) is 18.8. The Kier molecular flexibility index (Phi) is 7.76. The molecule has 1 saturated carbocycles. The van der Waals surface area contributed by atoms with Crippen LogP contribution in [0, 0.1) is 5.92 Å². The van der Waals surface area contributed by atoms with Crippen molar-refractivity contribution in [3.63, 3.8) is 0 Å². The molecule has 2 aliphatic carbocycles. The molecule has 0 radical (unpaired) electrons. The molecule has 0 spiro atoms. The summed E-state index contributed by atoms with van der Waals surface area (Å²) in [7, 11) is 0. The van der Waals surface area contributed by atoms with Gasteiger partial charge in [0.2, 0.25) is 0 Å². The molecule has 2 aromatic heterocycles. The van der Waals surface area contributed by atoms with Gasteiger partial charge >= 0.3 is 5.69 Å². The Morgan fingerprint density at radius 1 is 1.23 bits per heavy atom. The van der Waals surface area contributed by atoms with Gasteiger partial charge in [-0.3, -0.25) is 13.9 Å². The molecule has 1 atom stereocenters. The molecule has 39 heavy (non-hydrogen) atoms. The van der Waals surface area contributed by atoms with E-state index in [2.05, 4.69) is 18.4 Å². The van der Waals surface area contributed by atoms with Gasteiger partial charge in [-0.05, 0) is 64.0 Å². The van der Waals surface area contributed by atoms with Crippen molar-refractivity contribution >= 4 is 22.6 Å². The number of aliphatic imine (C=N–C) groups is 1. The van der Waals surface area contributed by atoms with Gasteiger partial charge in [-0.25, -0.2) is 14.8 Å². The van der Waals surface area contributed by atoms with E-state index in [4.69, 9.17) is 14.7 Å². The second-order valence-corrected chi connectivity index (χ2v) is 10.8. The van der Waals surface area contributed by atoms with Crippen molar-refractivity contribution in [3.05, 3.63) is 67.6 Å². The van der Waals surface area contributed by atoms with Crippen molar-refractivity contribution in [2.24, 2.45) is 10.9 Å². The number of hydrogen-bond acceptors (Lipinski definition) is 6. The number of allylic oxidation sites excluding steroid dienone is 6. The van der Waals surface area contributed by atoms with Crippen molar-refractivity contribution in [1.82, 2.24) is 18.7 Å². The minimum absolute atomic E-state index is 0.110. The highest BCUT2D eigenvalue weighted by molar-refractivity contribution is 5.86. The average Bonchev–Trinajstić information content (AvgIpc) is 3.26. The molecule has 1 N–H and O–H groups in total. The second-order valence-electron chi connectivity index (χ2n) is 10.8. The molecule has 3 aliphatic rings. The van der Waals surface area contributed by atoms with Crippen LogP contribution in [0.3, 0.4) is 0 Å². The number of fused-ring (bicyclic) bond motifs is 1. The third-order valence-electron chi connectivity index (χ3n) is 7.89. The Hall–Kier alpha value is -3.64. The third kappa shape index (κ3) is 5.18. The van der Waals surface area contributed by atoms with Gasteiger partial charge in [0.25, 0.3) is 5.56 Å².